The average Bonchev–Trinajstić information content (AvgIpc) is 3.92. The molecule has 0 saturated heterocycles. The Morgan fingerprint density at radius 3 is 1.07 bits per heavy atom. The zero-order valence-electron chi connectivity index (χ0n) is 38.6. The molecule has 0 bridgehead atoms. The molecule has 13 rings (SSSR count). The van der Waals surface area contributed by atoms with E-state index in [1.54, 1.807) is 0 Å². The molecule has 11 aromatic carbocycles. The van der Waals surface area contributed by atoms with Gasteiger partial charge in [-0.3, -0.25) is 0 Å². The summed E-state index contributed by atoms with van der Waals surface area (Å²) in [7, 11) is 0. The highest BCUT2D eigenvalue weighted by molar-refractivity contribution is 5.98. The van der Waals surface area contributed by atoms with Crippen molar-refractivity contribution in [1.82, 2.24) is 0 Å². The van der Waals surface area contributed by atoms with E-state index in [1.807, 2.05) is 0 Å². The van der Waals surface area contributed by atoms with Gasteiger partial charge in [0, 0.05) is 34.0 Å². The minimum atomic E-state index is -0.530. The SMILES string of the molecule is c1ccc(N(c2cccc(N(c3ccccc3)c3cccc4c3-c3ccccc3C4(c3ccccc3)c3ccccc3)c2)c2cccc(C3(c4ccccc4)c4ccccc4-c4ccccc43)c2)cc1. The summed E-state index contributed by atoms with van der Waals surface area (Å²) < 4.78 is 0. The molecule has 2 nitrogen and oxygen atoms in total. The van der Waals surface area contributed by atoms with Crippen LogP contribution in [0.15, 0.2) is 291 Å². The van der Waals surface area contributed by atoms with Gasteiger partial charge >= 0.3 is 0 Å². The molecule has 330 valence electrons. The fourth-order valence-corrected chi connectivity index (χ4v) is 12.1. The maximum absolute atomic E-state index is 2.46. The van der Waals surface area contributed by atoms with Crippen molar-refractivity contribution in [3.63, 3.8) is 0 Å². The van der Waals surface area contributed by atoms with E-state index in [-0.39, 0.29) is 0 Å². The van der Waals surface area contributed by atoms with Crippen LogP contribution in [0.25, 0.3) is 22.3 Å². The Morgan fingerprint density at radius 2 is 0.543 bits per heavy atom. The van der Waals surface area contributed by atoms with E-state index in [0.29, 0.717) is 0 Å². The number of anilines is 6. The van der Waals surface area contributed by atoms with Gasteiger partial charge in [-0.15, -0.1) is 0 Å². The van der Waals surface area contributed by atoms with E-state index in [2.05, 4.69) is 301 Å². The van der Waals surface area contributed by atoms with Crippen molar-refractivity contribution >= 4 is 34.1 Å². The van der Waals surface area contributed by atoms with E-state index in [0.717, 1.165) is 34.1 Å². The highest BCUT2D eigenvalue weighted by Gasteiger charge is 2.48. The number of para-hydroxylation sites is 2. The molecular formula is C68H48N2. The van der Waals surface area contributed by atoms with Gasteiger partial charge in [-0.1, -0.05) is 231 Å². The third-order valence-electron chi connectivity index (χ3n) is 14.8. The van der Waals surface area contributed by atoms with Gasteiger partial charge in [0.05, 0.1) is 16.5 Å². The minimum Gasteiger partial charge on any atom is -0.310 e. The van der Waals surface area contributed by atoms with Crippen molar-refractivity contribution in [1.29, 1.82) is 0 Å². The lowest BCUT2D eigenvalue weighted by Crippen LogP contribution is -2.28. The van der Waals surface area contributed by atoms with Crippen LogP contribution in [0.5, 0.6) is 0 Å². The summed E-state index contributed by atoms with van der Waals surface area (Å²) in [6.07, 6.45) is 0. The number of benzene rings is 11. The molecule has 0 unspecified atom stereocenters. The second kappa shape index (κ2) is 17.0. The highest BCUT2D eigenvalue weighted by atomic mass is 15.2. The summed E-state index contributed by atoms with van der Waals surface area (Å²) in [6.45, 7) is 0. The third kappa shape index (κ3) is 6.27. The first-order valence-corrected chi connectivity index (χ1v) is 24.3. The molecule has 0 amide bonds. The monoisotopic (exact) mass is 892 g/mol. The summed E-state index contributed by atoms with van der Waals surface area (Å²) in [5, 5.41) is 0. The van der Waals surface area contributed by atoms with E-state index < -0.39 is 10.8 Å². The molecule has 0 fully saturated rings. The Balaban J connectivity index is 1.02. The molecule has 2 aliphatic rings. The number of hydrogen-bond acceptors (Lipinski definition) is 2. The molecule has 70 heavy (non-hydrogen) atoms. The summed E-state index contributed by atoms with van der Waals surface area (Å²) in [4.78, 5) is 4.88. The van der Waals surface area contributed by atoms with Crippen molar-refractivity contribution in [3.8, 4) is 22.3 Å². The number of hydrogen-bond donors (Lipinski definition) is 0. The quantitative estimate of drug-likeness (QED) is 0.135. The lowest BCUT2D eigenvalue weighted by Gasteiger charge is -2.35. The fourth-order valence-electron chi connectivity index (χ4n) is 12.1. The Kier molecular flexibility index (Phi) is 9.99. The van der Waals surface area contributed by atoms with Gasteiger partial charge in [0.1, 0.15) is 0 Å². The molecule has 11 aromatic rings. The Morgan fingerprint density at radius 1 is 0.214 bits per heavy atom. The molecule has 0 N–H and O–H groups in total. The van der Waals surface area contributed by atoms with Gasteiger partial charge in [-0.2, -0.15) is 0 Å². The van der Waals surface area contributed by atoms with Crippen molar-refractivity contribution in [3.05, 3.63) is 336 Å². The minimum absolute atomic E-state index is 0.527. The first-order valence-electron chi connectivity index (χ1n) is 24.3. The van der Waals surface area contributed by atoms with E-state index in [9.17, 15) is 0 Å². The topological polar surface area (TPSA) is 6.48 Å². The van der Waals surface area contributed by atoms with Gasteiger partial charge in [0.25, 0.3) is 0 Å². The van der Waals surface area contributed by atoms with Crippen LogP contribution in [0.3, 0.4) is 0 Å². The van der Waals surface area contributed by atoms with Crippen LogP contribution >= 0.6 is 0 Å². The second-order valence-corrected chi connectivity index (χ2v) is 18.3. The smallest absolute Gasteiger partial charge is 0.0714 e. The van der Waals surface area contributed by atoms with Gasteiger partial charge in [-0.05, 0) is 122 Å². The Bertz CT molecular complexity index is 3580. The molecule has 0 radical (unpaired) electrons. The van der Waals surface area contributed by atoms with Crippen molar-refractivity contribution < 1.29 is 0 Å². The predicted octanol–water partition coefficient (Wildman–Crippen LogP) is 17.4. The fraction of sp³-hybridized carbons (Fsp3) is 0.0294. The summed E-state index contributed by atoms with van der Waals surface area (Å²) in [5.74, 6) is 0. The van der Waals surface area contributed by atoms with Crippen LogP contribution in [-0.2, 0) is 10.8 Å². The van der Waals surface area contributed by atoms with Crippen LogP contribution in [0.2, 0.25) is 0 Å². The first-order chi connectivity index (χ1) is 34.8. The summed E-state index contributed by atoms with van der Waals surface area (Å²) >= 11 is 0. The maximum Gasteiger partial charge on any atom is 0.0714 e. The molecule has 0 aliphatic heterocycles. The molecule has 2 heteroatoms. The number of fused-ring (bicyclic) bond motifs is 6. The van der Waals surface area contributed by atoms with Crippen molar-refractivity contribution in [2.24, 2.45) is 0 Å². The van der Waals surface area contributed by atoms with Gasteiger partial charge in [-0.25, -0.2) is 0 Å². The van der Waals surface area contributed by atoms with Crippen LogP contribution in [-0.4, -0.2) is 0 Å². The third-order valence-corrected chi connectivity index (χ3v) is 14.8. The first kappa shape index (κ1) is 41.2. The van der Waals surface area contributed by atoms with E-state index >= 15 is 0 Å². The Labute approximate surface area is 410 Å². The summed E-state index contributed by atoms with van der Waals surface area (Å²) in [6, 6.07) is 107. The highest BCUT2D eigenvalue weighted by Crippen LogP contribution is 2.60. The molecule has 2 aliphatic carbocycles. The second-order valence-electron chi connectivity index (χ2n) is 18.3. The maximum atomic E-state index is 2.46. The van der Waals surface area contributed by atoms with E-state index in [1.165, 1.54) is 66.8 Å². The molecule has 0 atom stereocenters. The van der Waals surface area contributed by atoms with Crippen molar-refractivity contribution in [2.75, 3.05) is 9.80 Å². The lowest BCUT2D eigenvalue weighted by molar-refractivity contribution is 0.768. The van der Waals surface area contributed by atoms with Crippen molar-refractivity contribution in [2.45, 2.75) is 10.8 Å². The van der Waals surface area contributed by atoms with Gasteiger partial charge < -0.3 is 9.80 Å². The summed E-state index contributed by atoms with van der Waals surface area (Å²) in [5.41, 5.74) is 20.6. The normalized spacial score (nSPS) is 13.4. The standard InChI is InChI=1S/C68H48N2/c1-6-25-49(26-7-1)67(50-27-8-2-9-28-50)63-44-21-18-41-60(63)66-64(67)45-24-46-65(66)70(54-34-14-5-15-35-54)57-38-23-37-56(48-57)69(53-32-12-4-13-33-53)55-36-22-31-52(47-55)68(51-29-10-3-11-30-51)61-42-19-16-39-58(61)59-40-17-20-43-62(59)68/h1-48H. The Hall–Kier alpha value is -8.98. The van der Waals surface area contributed by atoms with Crippen LogP contribution in [0.1, 0.15) is 44.5 Å². The molecule has 0 spiro atoms. The zero-order chi connectivity index (χ0) is 46.5. The largest absolute Gasteiger partial charge is 0.310 e. The molecule has 0 aromatic heterocycles. The zero-order valence-corrected chi connectivity index (χ0v) is 38.6. The van der Waals surface area contributed by atoms with Crippen LogP contribution < -0.4 is 9.80 Å². The van der Waals surface area contributed by atoms with Crippen LogP contribution in [0, 0.1) is 0 Å². The molecular weight excluding hydrogens is 845 g/mol. The predicted molar refractivity (Wildman–Crippen MR) is 290 cm³/mol. The van der Waals surface area contributed by atoms with Gasteiger partial charge in [0.15, 0.2) is 0 Å². The van der Waals surface area contributed by atoms with Crippen LogP contribution in [0.4, 0.5) is 34.1 Å². The molecule has 0 saturated carbocycles. The van der Waals surface area contributed by atoms with Gasteiger partial charge in [0.2, 0.25) is 0 Å². The molecule has 0 heterocycles. The van der Waals surface area contributed by atoms with E-state index in [4.69, 9.17) is 0 Å². The number of rotatable bonds is 10. The lowest BCUT2D eigenvalue weighted by atomic mass is 9.67. The number of nitrogens with zero attached hydrogens (tertiary/aromatic N) is 2. The average molecular weight is 893 g/mol.